The highest BCUT2D eigenvalue weighted by Crippen LogP contribution is 2.20. The lowest BCUT2D eigenvalue weighted by Gasteiger charge is -2.10. The SMILES string of the molecule is O=C(NCCOCC(F)(F)F)c1cccc(NS(=O)(=O)c2cccs2)c1. The number of carbonyl (C=O) groups excluding carboxylic acids is 1. The smallest absolute Gasteiger partial charge is 0.370 e. The van der Waals surface area contributed by atoms with Gasteiger partial charge in [-0.05, 0) is 29.6 Å². The Morgan fingerprint density at radius 2 is 1.96 bits per heavy atom. The minimum Gasteiger partial charge on any atom is -0.370 e. The fourth-order valence-electron chi connectivity index (χ4n) is 1.87. The van der Waals surface area contributed by atoms with Crippen molar-refractivity contribution >= 4 is 33.0 Å². The quantitative estimate of drug-likeness (QED) is 0.658. The summed E-state index contributed by atoms with van der Waals surface area (Å²) < 4.78 is 67.0. The number of rotatable bonds is 8. The van der Waals surface area contributed by atoms with E-state index >= 15 is 0 Å². The number of nitrogens with one attached hydrogen (secondary N) is 2. The molecule has 0 atom stereocenters. The number of thiophene rings is 1. The Morgan fingerprint density at radius 1 is 1.19 bits per heavy atom. The molecule has 2 rings (SSSR count). The first-order valence-corrected chi connectivity index (χ1v) is 9.63. The summed E-state index contributed by atoms with van der Waals surface area (Å²) >= 11 is 1.05. The fourth-order valence-corrected chi connectivity index (χ4v) is 3.91. The average molecular weight is 408 g/mol. The lowest BCUT2D eigenvalue weighted by atomic mass is 10.2. The predicted octanol–water partition coefficient (Wildman–Crippen LogP) is 2.86. The lowest BCUT2D eigenvalue weighted by Crippen LogP contribution is -2.29. The molecular weight excluding hydrogens is 393 g/mol. The molecule has 0 spiro atoms. The van der Waals surface area contributed by atoms with Gasteiger partial charge in [0.15, 0.2) is 0 Å². The van der Waals surface area contributed by atoms with Crippen molar-refractivity contribution in [2.75, 3.05) is 24.5 Å². The van der Waals surface area contributed by atoms with E-state index in [4.69, 9.17) is 0 Å². The molecule has 1 heterocycles. The van der Waals surface area contributed by atoms with E-state index in [9.17, 15) is 26.4 Å². The van der Waals surface area contributed by atoms with Crippen LogP contribution in [0.25, 0.3) is 0 Å². The number of sulfonamides is 1. The number of amides is 1. The molecule has 142 valence electrons. The van der Waals surface area contributed by atoms with Crippen LogP contribution in [0.15, 0.2) is 46.0 Å². The number of hydrogen-bond acceptors (Lipinski definition) is 5. The van der Waals surface area contributed by atoms with Crippen molar-refractivity contribution in [3.05, 3.63) is 47.3 Å². The van der Waals surface area contributed by atoms with Gasteiger partial charge >= 0.3 is 6.18 Å². The van der Waals surface area contributed by atoms with E-state index < -0.39 is 28.7 Å². The Morgan fingerprint density at radius 3 is 2.62 bits per heavy atom. The van der Waals surface area contributed by atoms with Crippen LogP contribution in [0.2, 0.25) is 0 Å². The van der Waals surface area contributed by atoms with Crippen LogP contribution in [-0.4, -0.2) is 40.3 Å². The molecule has 6 nitrogen and oxygen atoms in total. The summed E-state index contributed by atoms with van der Waals surface area (Å²) in [6.07, 6.45) is -4.42. The van der Waals surface area contributed by atoms with Crippen LogP contribution in [0.5, 0.6) is 0 Å². The normalized spacial score (nSPS) is 12.0. The number of carbonyl (C=O) groups is 1. The van der Waals surface area contributed by atoms with Crippen molar-refractivity contribution in [2.24, 2.45) is 0 Å². The van der Waals surface area contributed by atoms with E-state index in [-0.39, 0.29) is 28.6 Å². The Bertz CT molecular complexity index is 837. The molecule has 0 aliphatic heterocycles. The number of benzene rings is 1. The largest absolute Gasteiger partial charge is 0.411 e. The topological polar surface area (TPSA) is 84.5 Å². The first-order valence-electron chi connectivity index (χ1n) is 7.26. The summed E-state index contributed by atoms with van der Waals surface area (Å²) in [7, 11) is -3.74. The van der Waals surface area contributed by atoms with Gasteiger partial charge in [0.1, 0.15) is 10.8 Å². The van der Waals surface area contributed by atoms with Crippen molar-refractivity contribution in [2.45, 2.75) is 10.4 Å². The van der Waals surface area contributed by atoms with Gasteiger partial charge in [-0.3, -0.25) is 9.52 Å². The van der Waals surface area contributed by atoms with Gasteiger partial charge in [0, 0.05) is 17.8 Å². The molecule has 0 fully saturated rings. The maximum absolute atomic E-state index is 12.2. The molecule has 0 unspecified atom stereocenters. The maximum Gasteiger partial charge on any atom is 0.411 e. The first-order chi connectivity index (χ1) is 12.2. The summed E-state index contributed by atoms with van der Waals surface area (Å²) in [5, 5.41) is 4.02. The molecule has 1 aromatic heterocycles. The van der Waals surface area contributed by atoms with E-state index in [1.54, 1.807) is 11.4 Å². The summed E-state index contributed by atoms with van der Waals surface area (Å²) in [6, 6.07) is 8.80. The highest BCUT2D eigenvalue weighted by molar-refractivity contribution is 7.94. The van der Waals surface area contributed by atoms with Crippen LogP contribution >= 0.6 is 11.3 Å². The highest BCUT2D eigenvalue weighted by Gasteiger charge is 2.27. The zero-order valence-corrected chi connectivity index (χ0v) is 14.9. The third-order valence-electron chi connectivity index (χ3n) is 2.93. The Kier molecular flexibility index (Phi) is 6.62. The van der Waals surface area contributed by atoms with E-state index in [0.29, 0.717) is 0 Å². The van der Waals surface area contributed by atoms with Crippen molar-refractivity contribution in [1.29, 1.82) is 0 Å². The summed E-state index contributed by atoms with van der Waals surface area (Å²) in [4.78, 5) is 12.0. The van der Waals surface area contributed by atoms with Crippen LogP contribution in [0.1, 0.15) is 10.4 Å². The van der Waals surface area contributed by atoms with E-state index in [0.717, 1.165) is 11.3 Å². The molecule has 2 aromatic rings. The van der Waals surface area contributed by atoms with Gasteiger partial charge in [0.25, 0.3) is 15.9 Å². The molecule has 0 saturated carbocycles. The van der Waals surface area contributed by atoms with Crippen molar-refractivity contribution in [1.82, 2.24) is 5.32 Å². The Balaban J connectivity index is 1.91. The zero-order valence-electron chi connectivity index (χ0n) is 13.2. The maximum atomic E-state index is 12.2. The third kappa shape index (κ3) is 6.32. The standard InChI is InChI=1S/C15H15F3N2O4S2/c16-15(17,18)10-24-7-6-19-14(21)11-3-1-4-12(9-11)20-26(22,23)13-5-2-8-25-13/h1-5,8-9,20H,6-7,10H2,(H,19,21). The molecule has 1 amide bonds. The van der Waals surface area contributed by atoms with E-state index in [1.807, 2.05) is 0 Å². The number of halogens is 3. The van der Waals surface area contributed by atoms with E-state index in [1.165, 1.54) is 30.3 Å². The van der Waals surface area contributed by atoms with Gasteiger partial charge in [0.05, 0.1) is 6.61 Å². The zero-order chi connectivity index (χ0) is 19.2. The Hall–Kier alpha value is -2.11. The van der Waals surface area contributed by atoms with Gasteiger partial charge in [-0.15, -0.1) is 11.3 Å². The molecule has 1 aromatic carbocycles. The number of anilines is 1. The third-order valence-corrected chi connectivity index (χ3v) is 5.71. The van der Waals surface area contributed by atoms with Crippen molar-refractivity contribution < 1.29 is 31.1 Å². The number of hydrogen-bond donors (Lipinski definition) is 2. The van der Waals surface area contributed by atoms with Gasteiger partial charge < -0.3 is 10.1 Å². The monoisotopic (exact) mass is 408 g/mol. The van der Waals surface area contributed by atoms with Crippen LogP contribution < -0.4 is 10.0 Å². The van der Waals surface area contributed by atoms with Crippen LogP contribution in [0.4, 0.5) is 18.9 Å². The van der Waals surface area contributed by atoms with Crippen molar-refractivity contribution in [3.63, 3.8) is 0 Å². The van der Waals surface area contributed by atoms with Crippen LogP contribution in [0, 0.1) is 0 Å². The second kappa shape index (κ2) is 8.52. The lowest BCUT2D eigenvalue weighted by molar-refractivity contribution is -0.173. The first kappa shape index (κ1) is 20.2. The second-order valence-electron chi connectivity index (χ2n) is 5.04. The number of ether oxygens (including phenoxy) is 1. The van der Waals surface area contributed by atoms with Gasteiger partial charge in [0.2, 0.25) is 0 Å². The predicted molar refractivity (Wildman–Crippen MR) is 90.8 cm³/mol. The van der Waals surface area contributed by atoms with Crippen molar-refractivity contribution in [3.8, 4) is 0 Å². The molecule has 2 N–H and O–H groups in total. The molecule has 0 aliphatic rings. The van der Waals surface area contributed by atoms with Crippen LogP contribution in [-0.2, 0) is 14.8 Å². The molecule has 26 heavy (non-hydrogen) atoms. The Labute approximate surface area is 152 Å². The van der Waals surface area contributed by atoms with Crippen LogP contribution in [0.3, 0.4) is 0 Å². The fraction of sp³-hybridized carbons (Fsp3) is 0.267. The number of alkyl halides is 3. The second-order valence-corrected chi connectivity index (χ2v) is 7.90. The van der Waals surface area contributed by atoms with Gasteiger partial charge in [-0.1, -0.05) is 12.1 Å². The van der Waals surface area contributed by atoms with Gasteiger partial charge in [-0.25, -0.2) is 8.42 Å². The molecular formula is C15H15F3N2O4S2. The summed E-state index contributed by atoms with van der Waals surface area (Å²) in [5.41, 5.74) is 0.353. The minimum atomic E-state index is -4.42. The molecule has 0 radical (unpaired) electrons. The summed E-state index contributed by atoms with van der Waals surface area (Å²) in [5.74, 6) is -0.558. The molecule has 0 saturated heterocycles. The van der Waals surface area contributed by atoms with E-state index in [2.05, 4.69) is 14.8 Å². The van der Waals surface area contributed by atoms with Gasteiger partial charge in [-0.2, -0.15) is 13.2 Å². The average Bonchev–Trinajstić information content (AvgIpc) is 3.08. The molecule has 11 heteroatoms. The minimum absolute atomic E-state index is 0.111. The molecule has 0 aliphatic carbocycles. The highest BCUT2D eigenvalue weighted by atomic mass is 32.2. The molecule has 0 bridgehead atoms. The summed E-state index contributed by atoms with van der Waals surface area (Å²) in [6.45, 7) is -1.79.